The summed E-state index contributed by atoms with van der Waals surface area (Å²) in [6, 6.07) is 4.91. The van der Waals surface area contributed by atoms with Gasteiger partial charge in [0.25, 0.3) is 5.91 Å². The molecular weight excluding hydrogens is 172 g/mol. The lowest BCUT2D eigenvalue weighted by atomic mass is 10.2. The molecule has 5 heteroatoms. The molecule has 0 spiro atoms. The van der Waals surface area contributed by atoms with E-state index in [1.807, 2.05) is 5.32 Å². The summed E-state index contributed by atoms with van der Waals surface area (Å²) in [6.07, 6.45) is 0. The number of imide groups is 1. The molecule has 0 saturated heterocycles. The third-order valence-corrected chi connectivity index (χ3v) is 1.39. The van der Waals surface area contributed by atoms with Crippen LogP contribution in [-0.2, 0) is 0 Å². The Balaban J connectivity index is 2.89. The molecule has 68 valence electrons. The van der Waals surface area contributed by atoms with Crippen molar-refractivity contribution in [1.82, 2.24) is 5.32 Å². The largest absolute Gasteiger partial charge is 0.507 e. The van der Waals surface area contributed by atoms with Crippen molar-refractivity contribution in [2.24, 2.45) is 5.73 Å². The van der Waals surface area contributed by atoms with Crippen molar-refractivity contribution in [2.45, 2.75) is 0 Å². The molecular formula is C8H8N2O3. The number of carbonyl (C=O) groups excluding carboxylic acids is 2. The second-order valence-electron chi connectivity index (χ2n) is 2.34. The highest BCUT2D eigenvalue weighted by Gasteiger charge is 2.10. The van der Waals surface area contributed by atoms with Gasteiger partial charge >= 0.3 is 6.03 Å². The second-order valence-corrected chi connectivity index (χ2v) is 2.34. The van der Waals surface area contributed by atoms with E-state index >= 15 is 0 Å². The predicted octanol–water partition coefficient (Wildman–Crippen LogP) is 0.201. The summed E-state index contributed by atoms with van der Waals surface area (Å²) in [7, 11) is 0. The number of benzene rings is 1. The van der Waals surface area contributed by atoms with Crippen molar-refractivity contribution in [3.8, 4) is 5.75 Å². The number of aromatic hydroxyl groups is 1. The average Bonchev–Trinajstić information content (AvgIpc) is 2.03. The van der Waals surface area contributed by atoms with Crippen LogP contribution >= 0.6 is 0 Å². The van der Waals surface area contributed by atoms with Gasteiger partial charge in [0.15, 0.2) is 0 Å². The molecule has 13 heavy (non-hydrogen) atoms. The first kappa shape index (κ1) is 9.05. The lowest BCUT2D eigenvalue weighted by molar-refractivity contribution is 0.0963. The topological polar surface area (TPSA) is 92.4 Å². The van der Waals surface area contributed by atoms with E-state index in [-0.39, 0.29) is 11.3 Å². The number of primary amides is 1. The van der Waals surface area contributed by atoms with Gasteiger partial charge in [0.2, 0.25) is 0 Å². The normalized spacial score (nSPS) is 9.23. The van der Waals surface area contributed by atoms with Gasteiger partial charge in [0.05, 0.1) is 5.56 Å². The standard InChI is InChI=1S/C8H8N2O3/c9-8(13)10-7(12)5-3-1-2-4-6(5)11/h1-4,11H,(H3,9,10,12,13). The zero-order valence-corrected chi connectivity index (χ0v) is 6.65. The Morgan fingerprint density at radius 1 is 1.31 bits per heavy atom. The quantitative estimate of drug-likeness (QED) is 0.576. The molecule has 1 rings (SSSR count). The van der Waals surface area contributed by atoms with Crippen molar-refractivity contribution >= 4 is 11.9 Å². The minimum atomic E-state index is -0.951. The van der Waals surface area contributed by atoms with E-state index in [1.54, 1.807) is 12.1 Å². The smallest absolute Gasteiger partial charge is 0.319 e. The van der Waals surface area contributed by atoms with Gasteiger partial charge in [-0.15, -0.1) is 0 Å². The van der Waals surface area contributed by atoms with E-state index in [9.17, 15) is 14.7 Å². The summed E-state index contributed by atoms with van der Waals surface area (Å²) in [5.41, 5.74) is 4.74. The maximum atomic E-state index is 11.1. The van der Waals surface area contributed by atoms with Crippen LogP contribution in [0.2, 0.25) is 0 Å². The van der Waals surface area contributed by atoms with Crippen molar-refractivity contribution in [3.05, 3.63) is 29.8 Å². The molecule has 5 nitrogen and oxygen atoms in total. The number of carbonyl (C=O) groups is 2. The number of nitrogens with one attached hydrogen (secondary N) is 1. The van der Waals surface area contributed by atoms with Crippen LogP contribution in [0.4, 0.5) is 4.79 Å². The van der Waals surface area contributed by atoms with Crippen LogP contribution < -0.4 is 11.1 Å². The Hall–Kier alpha value is -2.04. The fourth-order valence-corrected chi connectivity index (χ4v) is 0.845. The zero-order valence-electron chi connectivity index (χ0n) is 6.65. The molecule has 0 aliphatic heterocycles. The van der Waals surface area contributed by atoms with Gasteiger partial charge in [-0.05, 0) is 12.1 Å². The van der Waals surface area contributed by atoms with Crippen LogP contribution in [0.1, 0.15) is 10.4 Å². The highest BCUT2D eigenvalue weighted by Crippen LogP contribution is 2.14. The predicted molar refractivity (Wildman–Crippen MR) is 45.2 cm³/mol. The highest BCUT2D eigenvalue weighted by molar-refractivity contribution is 6.05. The summed E-state index contributed by atoms with van der Waals surface area (Å²) >= 11 is 0. The van der Waals surface area contributed by atoms with Crippen molar-refractivity contribution < 1.29 is 14.7 Å². The molecule has 0 radical (unpaired) electrons. The molecule has 4 N–H and O–H groups in total. The fourth-order valence-electron chi connectivity index (χ4n) is 0.845. The van der Waals surface area contributed by atoms with E-state index in [0.29, 0.717) is 0 Å². The number of hydrogen-bond acceptors (Lipinski definition) is 3. The summed E-state index contributed by atoms with van der Waals surface area (Å²) < 4.78 is 0. The Morgan fingerprint density at radius 2 is 1.92 bits per heavy atom. The molecule has 3 amide bonds. The molecule has 0 aliphatic carbocycles. The molecule has 0 atom stereocenters. The van der Waals surface area contributed by atoms with Crippen LogP contribution in [0, 0.1) is 0 Å². The van der Waals surface area contributed by atoms with E-state index < -0.39 is 11.9 Å². The Labute approximate surface area is 74.2 Å². The summed E-state index contributed by atoms with van der Waals surface area (Å²) in [4.78, 5) is 21.4. The van der Waals surface area contributed by atoms with Gasteiger partial charge in [-0.2, -0.15) is 0 Å². The third-order valence-electron chi connectivity index (χ3n) is 1.39. The number of amides is 3. The van der Waals surface area contributed by atoms with Crippen LogP contribution in [0.15, 0.2) is 24.3 Å². The third kappa shape index (κ3) is 2.19. The summed E-state index contributed by atoms with van der Waals surface area (Å²) in [5, 5.41) is 11.0. The average molecular weight is 180 g/mol. The van der Waals surface area contributed by atoms with Crippen LogP contribution in [0.5, 0.6) is 5.75 Å². The first-order valence-electron chi connectivity index (χ1n) is 3.50. The zero-order chi connectivity index (χ0) is 9.84. The molecule has 0 aliphatic rings. The maximum absolute atomic E-state index is 11.1. The first-order chi connectivity index (χ1) is 6.11. The van der Waals surface area contributed by atoms with Crippen LogP contribution in [0.25, 0.3) is 0 Å². The van der Waals surface area contributed by atoms with Crippen LogP contribution in [-0.4, -0.2) is 17.0 Å². The Morgan fingerprint density at radius 3 is 2.46 bits per heavy atom. The monoisotopic (exact) mass is 180 g/mol. The van der Waals surface area contributed by atoms with Crippen molar-refractivity contribution in [1.29, 1.82) is 0 Å². The summed E-state index contributed by atoms with van der Waals surface area (Å²) in [5.74, 6) is -0.910. The molecule has 0 heterocycles. The molecule has 0 aromatic heterocycles. The van der Waals surface area contributed by atoms with E-state index in [2.05, 4.69) is 0 Å². The number of hydrogen-bond donors (Lipinski definition) is 3. The Bertz CT molecular complexity index is 349. The lowest BCUT2D eigenvalue weighted by Crippen LogP contribution is -2.34. The molecule has 0 unspecified atom stereocenters. The minimum Gasteiger partial charge on any atom is -0.507 e. The summed E-state index contributed by atoms with van der Waals surface area (Å²) in [6.45, 7) is 0. The SMILES string of the molecule is NC(=O)NC(=O)c1ccccc1O. The highest BCUT2D eigenvalue weighted by atomic mass is 16.3. The number of rotatable bonds is 1. The molecule has 1 aromatic carbocycles. The molecule has 0 saturated carbocycles. The first-order valence-corrected chi connectivity index (χ1v) is 3.50. The number of phenolic OH excluding ortho intramolecular Hbond substituents is 1. The number of urea groups is 1. The lowest BCUT2D eigenvalue weighted by Gasteiger charge is -2.01. The van der Waals surface area contributed by atoms with Crippen molar-refractivity contribution in [2.75, 3.05) is 0 Å². The maximum Gasteiger partial charge on any atom is 0.319 e. The van der Waals surface area contributed by atoms with Crippen molar-refractivity contribution in [3.63, 3.8) is 0 Å². The Kier molecular flexibility index (Phi) is 2.49. The van der Waals surface area contributed by atoms with Gasteiger partial charge in [-0.1, -0.05) is 12.1 Å². The molecule has 0 fully saturated rings. The van der Waals surface area contributed by atoms with Gasteiger partial charge in [0.1, 0.15) is 5.75 Å². The second kappa shape index (κ2) is 3.57. The van der Waals surface area contributed by atoms with E-state index in [0.717, 1.165) is 0 Å². The number of phenols is 1. The van der Waals surface area contributed by atoms with Gasteiger partial charge in [-0.3, -0.25) is 10.1 Å². The molecule has 1 aromatic rings. The van der Waals surface area contributed by atoms with Crippen LogP contribution in [0.3, 0.4) is 0 Å². The fraction of sp³-hybridized carbons (Fsp3) is 0. The van der Waals surface area contributed by atoms with Gasteiger partial charge in [0, 0.05) is 0 Å². The van der Waals surface area contributed by atoms with E-state index in [4.69, 9.17) is 5.73 Å². The van der Waals surface area contributed by atoms with Gasteiger partial charge < -0.3 is 10.8 Å². The van der Waals surface area contributed by atoms with E-state index in [1.165, 1.54) is 12.1 Å². The minimum absolute atomic E-state index is 0.0151. The van der Waals surface area contributed by atoms with Gasteiger partial charge in [-0.25, -0.2) is 4.79 Å². The number of nitrogens with two attached hydrogens (primary N) is 1. The number of para-hydroxylation sites is 1. The molecule has 0 bridgehead atoms.